The van der Waals surface area contributed by atoms with E-state index in [1.807, 2.05) is 50.3 Å². The summed E-state index contributed by atoms with van der Waals surface area (Å²) in [5, 5.41) is 12.8. The van der Waals surface area contributed by atoms with Crippen molar-refractivity contribution in [2.45, 2.75) is 85.0 Å². The number of allylic oxidation sites excluding steroid dienone is 8. The van der Waals surface area contributed by atoms with Gasteiger partial charge in [0.05, 0.1) is 17.9 Å². The van der Waals surface area contributed by atoms with Crippen LogP contribution in [0.4, 0.5) is 5.69 Å². The number of anilines is 1. The van der Waals surface area contributed by atoms with Crippen LogP contribution in [0.1, 0.15) is 83.8 Å². The smallest absolute Gasteiger partial charge is 0.333 e. The van der Waals surface area contributed by atoms with Gasteiger partial charge in [-0.3, -0.25) is 24.6 Å². The quantitative estimate of drug-likeness (QED) is 0.0271. The van der Waals surface area contributed by atoms with Crippen LogP contribution in [0.3, 0.4) is 0 Å². The molecule has 1 unspecified atom stereocenters. The van der Waals surface area contributed by atoms with Gasteiger partial charge in [0.1, 0.15) is 0 Å². The number of carbonyl (C=O) groups is 4. The molecule has 3 aliphatic heterocycles. The van der Waals surface area contributed by atoms with Gasteiger partial charge >= 0.3 is 5.97 Å². The number of hydrogen-bond acceptors (Lipinski definition) is 10. The Morgan fingerprint density at radius 3 is 2.40 bits per heavy atom. The van der Waals surface area contributed by atoms with E-state index in [2.05, 4.69) is 60.3 Å². The minimum Gasteiger partial charge on any atom is -0.390 e. The number of carbonyl (C=O) groups excluding carboxylic acids is 4. The van der Waals surface area contributed by atoms with Crippen molar-refractivity contribution in [1.29, 1.82) is 0 Å². The van der Waals surface area contributed by atoms with E-state index in [1.54, 1.807) is 11.6 Å². The first-order chi connectivity index (χ1) is 26.2. The summed E-state index contributed by atoms with van der Waals surface area (Å²) in [6, 6.07) is 6.52. The maximum atomic E-state index is 12.3. The van der Waals surface area contributed by atoms with E-state index in [1.165, 1.54) is 28.7 Å². The van der Waals surface area contributed by atoms with Crippen LogP contribution in [0.15, 0.2) is 94.8 Å². The fourth-order valence-corrected chi connectivity index (χ4v) is 7.05. The van der Waals surface area contributed by atoms with Gasteiger partial charge in [0.2, 0.25) is 0 Å². The Bertz CT molecular complexity index is 1850. The summed E-state index contributed by atoms with van der Waals surface area (Å²) in [4.78, 5) is 60.1. The number of aliphatic imine (C=N–C) groups is 1. The number of imide groups is 1. The van der Waals surface area contributed by atoms with Gasteiger partial charge in [-0.2, -0.15) is 0 Å². The lowest BCUT2D eigenvalue weighted by atomic mass is 9.81. The predicted molar refractivity (Wildman–Crippen MR) is 213 cm³/mol. The molecule has 3 aliphatic rings. The summed E-state index contributed by atoms with van der Waals surface area (Å²) in [6.07, 6.45) is 20.0. The van der Waals surface area contributed by atoms with Gasteiger partial charge in [-0.15, -0.1) is 5.06 Å². The molecule has 1 aromatic rings. The lowest BCUT2D eigenvalue weighted by molar-refractivity contribution is -0.197. The Hall–Kier alpha value is -4.92. The highest BCUT2D eigenvalue weighted by atomic mass is 32.2. The minimum absolute atomic E-state index is 0.0735. The summed E-state index contributed by atoms with van der Waals surface area (Å²) in [6.45, 7) is 12.1. The lowest BCUT2D eigenvalue weighted by Gasteiger charge is -2.27. The van der Waals surface area contributed by atoms with Crippen molar-refractivity contribution in [1.82, 2.24) is 15.9 Å². The molecule has 14 heteroatoms. The minimum atomic E-state index is -1.88. The average molecular weight is 776 g/mol. The van der Waals surface area contributed by atoms with E-state index in [-0.39, 0.29) is 36.0 Å². The van der Waals surface area contributed by atoms with Gasteiger partial charge in [-0.1, -0.05) is 82.2 Å². The number of rotatable bonds is 18. The Labute approximate surface area is 325 Å². The highest BCUT2D eigenvalue weighted by molar-refractivity contribution is 7.79. The molecule has 0 radical (unpaired) electrons. The van der Waals surface area contributed by atoms with Gasteiger partial charge in [0.25, 0.3) is 17.7 Å². The SMILES string of the molecule is Cc1ccc2c(c1)C(C)(C)\C(=C/C=C/C=C/C=C/C1=NC/C(=C\C(=C/NCCCS(=O)O)C(=O)NO)C1(C)C)N2CCCCCC(=O)ON1C(=O)CCC1=O. The van der Waals surface area contributed by atoms with E-state index in [0.29, 0.717) is 31.0 Å². The molecule has 1 fully saturated rings. The summed E-state index contributed by atoms with van der Waals surface area (Å²) < 4.78 is 19.8. The number of hydroxylamine groups is 3. The number of hydrogen-bond donors (Lipinski definition) is 4. The summed E-state index contributed by atoms with van der Waals surface area (Å²) in [5.41, 5.74) is 7.73. The maximum absolute atomic E-state index is 12.3. The molecule has 1 atom stereocenters. The average Bonchev–Trinajstić information content (AvgIpc) is 3.68. The van der Waals surface area contributed by atoms with Crippen molar-refractivity contribution >= 4 is 46.2 Å². The van der Waals surface area contributed by atoms with E-state index >= 15 is 0 Å². The molecular formula is C41H53N5O8S. The van der Waals surface area contributed by atoms with E-state index in [0.717, 1.165) is 30.7 Å². The molecule has 4 N–H and O–H groups in total. The molecule has 4 rings (SSSR count). The first-order valence-corrected chi connectivity index (χ1v) is 19.8. The van der Waals surface area contributed by atoms with Crippen LogP contribution in [0.25, 0.3) is 0 Å². The summed E-state index contributed by atoms with van der Waals surface area (Å²) in [5.74, 6) is -2.08. The molecule has 0 bridgehead atoms. The lowest BCUT2D eigenvalue weighted by Crippen LogP contribution is -2.32. The van der Waals surface area contributed by atoms with Crippen molar-refractivity contribution in [2.24, 2.45) is 10.4 Å². The van der Waals surface area contributed by atoms with Crippen LogP contribution in [-0.2, 0) is 40.5 Å². The van der Waals surface area contributed by atoms with Crippen LogP contribution in [0.2, 0.25) is 0 Å². The van der Waals surface area contributed by atoms with Crippen molar-refractivity contribution in [3.8, 4) is 0 Å². The van der Waals surface area contributed by atoms with E-state index in [4.69, 9.17) is 9.39 Å². The molecule has 0 saturated carbocycles. The molecule has 55 heavy (non-hydrogen) atoms. The zero-order chi connectivity index (χ0) is 40.2. The van der Waals surface area contributed by atoms with Crippen molar-refractivity contribution in [3.05, 3.63) is 101 Å². The fourth-order valence-electron chi connectivity index (χ4n) is 6.66. The number of nitrogens with one attached hydrogen (secondary N) is 2. The number of amides is 3. The molecule has 13 nitrogen and oxygen atoms in total. The van der Waals surface area contributed by atoms with E-state index in [9.17, 15) is 28.6 Å². The second-order valence-electron chi connectivity index (χ2n) is 14.7. The van der Waals surface area contributed by atoms with Crippen molar-refractivity contribution in [3.63, 3.8) is 0 Å². The Balaban J connectivity index is 1.35. The zero-order valence-corrected chi connectivity index (χ0v) is 33.1. The van der Waals surface area contributed by atoms with Crippen molar-refractivity contribution in [2.75, 3.05) is 30.3 Å². The van der Waals surface area contributed by atoms with Crippen LogP contribution in [-0.4, -0.2) is 73.8 Å². The Kier molecular flexibility index (Phi) is 15.3. The third-order valence-electron chi connectivity index (χ3n) is 9.92. The monoisotopic (exact) mass is 775 g/mol. The molecule has 1 aromatic carbocycles. The number of aryl methyl sites for hydroxylation is 1. The predicted octanol–water partition coefficient (Wildman–Crippen LogP) is 5.81. The number of unbranched alkanes of at least 4 members (excludes halogenated alkanes) is 2. The molecule has 0 aromatic heterocycles. The van der Waals surface area contributed by atoms with Gasteiger partial charge in [0, 0.05) is 66.5 Å². The topological polar surface area (TPSA) is 178 Å². The third-order valence-corrected chi connectivity index (χ3v) is 10.6. The summed E-state index contributed by atoms with van der Waals surface area (Å²) in [7, 11) is 0. The Morgan fingerprint density at radius 1 is 0.982 bits per heavy atom. The number of fused-ring (bicyclic) bond motifs is 1. The second-order valence-corrected chi connectivity index (χ2v) is 15.8. The molecule has 1 saturated heterocycles. The molecule has 0 spiro atoms. The number of nitrogens with zero attached hydrogens (tertiary/aromatic N) is 3. The largest absolute Gasteiger partial charge is 0.390 e. The zero-order valence-electron chi connectivity index (χ0n) is 32.3. The van der Waals surface area contributed by atoms with Crippen LogP contribution in [0.5, 0.6) is 0 Å². The maximum Gasteiger partial charge on any atom is 0.333 e. The van der Waals surface area contributed by atoms with Crippen molar-refractivity contribution < 1.29 is 38.0 Å². The van der Waals surface area contributed by atoms with Gasteiger partial charge < -0.3 is 19.6 Å². The standard InChI is InChI=1S/C41H53N5O8S/c1-29-18-19-33-32(25-29)41(4,5)35(45(33)23-13-9-12-17-38(49)54-46-36(47)20-21-37(46)48)16-11-8-6-7-10-15-34-40(2,3)31(28-43-34)26-30(39(50)44-51)27-42-22-14-24-55(52)53/h6-8,10-11,15-16,18-19,25-27,42,51H,9,12-14,17,20-24,28H2,1-5H3,(H,44,50)(H,52,53)/b7-6+,11-8+,15-10+,30-27+,31-26+,35-16+. The highest BCUT2D eigenvalue weighted by Gasteiger charge is 2.39. The second kappa shape index (κ2) is 19.6. The summed E-state index contributed by atoms with van der Waals surface area (Å²) >= 11 is -1.88. The molecule has 296 valence electrons. The molecule has 0 aliphatic carbocycles. The normalized spacial score (nSPS) is 20.1. The molecule has 3 heterocycles. The molecular weight excluding hydrogens is 723 g/mol. The third kappa shape index (κ3) is 11.3. The van der Waals surface area contributed by atoms with Gasteiger partial charge in [-0.25, -0.2) is 14.5 Å². The van der Waals surface area contributed by atoms with Crippen LogP contribution < -0.4 is 15.7 Å². The molecule has 3 amide bonds. The fraction of sp³-hybridized carbons (Fsp3) is 0.439. The van der Waals surface area contributed by atoms with Gasteiger partial charge in [0.15, 0.2) is 11.1 Å². The first kappa shape index (κ1) is 42.8. The Morgan fingerprint density at radius 2 is 1.69 bits per heavy atom. The van der Waals surface area contributed by atoms with Crippen LogP contribution >= 0.6 is 0 Å². The highest BCUT2D eigenvalue weighted by Crippen LogP contribution is 2.48. The first-order valence-electron chi connectivity index (χ1n) is 18.6. The van der Waals surface area contributed by atoms with E-state index < -0.39 is 40.2 Å². The van der Waals surface area contributed by atoms with Gasteiger partial charge in [-0.05, 0) is 61.6 Å². The van der Waals surface area contributed by atoms with Crippen LogP contribution in [0, 0.1) is 12.3 Å². The number of benzene rings is 1.